The number of hydrogen-bond donors (Lipinski definition) is 1. The Labute approximate surface area is 148 Å². The van der Waals surface area contributed by atoms with Crippen molar-refractivity contribution in [3.8, 4) is 5.75 Å². The van der Waals surface area contributed by atoms with E-state index in [1.807, 2.05) is 18.2 Å². The zero-order valence-corrected chi connectivity index (χ0v) is 15.3. The summed E-state index contributed by atoms with van der Waals surface area (Å²) in [6.45, 7) is 4.41. The zero-order valence-electron chi connectivity index (χ0n) is 13.7. The average molecular weight is 355 g/mol. The molecule has 1 N–H and O–H groups in total. The standard InChI is InChI=1S/C18H17N3OS2/c1-10(2)11-4-6-13-15(8-11)23-17(19-13)21-18-20-14-7-5-12(22-3)9-16(14)24-18/h4-10H,1-3H3,(H,19,20,21). The maximum Gasteiger partial charge on any atom is 0.190 e. The van der Waals surface area contributed by atoms with Crippen molar-refractivity contribution in [1.82, 2.24) is 9.97 Å². The Kier molecular flexibility index (Phi) is 3.86. The van der Waals surface area contributed by atoms with Gasteiger partial charge in [0, 0.05) is 0 Å². The molecule has 0 aliphatic heterocycles. The molecule has 0 amide bonds. The largest absolute Gasteiger partial charge is 0.497 e. The van der Waals surface area contributed by atoms with Crippen LogP contribution in [0.25, 0.3) is 20.4 Å². The molecule has 0 unspecified atom stereocenters. The summed E-state index contributed by atoms with van der Waals surface area (Å²) >= 11 is 3.27. The lowest BCUT2D eigenvalue weighted by atomic mass is 10.0. The Morgan fingerprint density at radius 1 is 0.917 bits per heavy atom. The molecule has 0 saturated carbocycles. The maximum atomic E-state index is 5.27. The number of nitrogens with one attached hydrogen (secondary N) is 1. The molecule has 2 aromatic carbocycles. The fraction of sp³-hybridized carbons (Fsp3) is 0.222. The van der Waals surface area contributed by atoms with E-state index in [9.17, 15) is 0 Å². The lowest BCUT2D eigenvalue weighted by Gasteiger charge is -2.03. The predicted octanol–water partition coefficient (Wildman–Crippen LogP) is 5.78. The van der Waals surface area contributed by atoms with Crippen LogP contribution < -0.4 is 10.1 Å². The van der Waals surface area contributed by atoms with Crippen molar-refractivity contribution in [3.05, 3.63) is 42.0 Å². The van der Waals surface area contributed by atoms with Crippen LogP contribution >= 0.6 is 22.7 Å². The molecule has 0 fully saturated rings. The highest BCUT2D eigenvalue weighted by Gasteiger charge is 2.10. The summed E-state index contributed by atoms with van der Waals surface area (Å²) < 4.78 is 7.57. The number of aromatic nitrogens is 2. The first kappa shape index (κ1) is 15.4. The summed E-state index contributed by atoms with van der Waals surface area (Å²) in [5, 5.41) is 5.06. The van der Waals surface area contributed by atoms with Gasteiger partial charge in [-0.05, 0) is 41.8 Å². The molecule has 0 saturated heterocycles. The van der Waals surface area contributed by atoms with Crippen LogP contribution in [0, 0.1) is 0 Å². The van der Waals surface area contributed by atoms with Crippen molar-refractivity contribution in [3.63, 3.8) is 0 Å². The van der Waals surface area contributed by atoms with Gasteiger partial charge in [-0.2, -0.15) is 0 Å². The van der Waals surface area contributed by atoms with Gasteiger partial charge in [0.1, 0.15) is 5.75 Å². The summed E-state index contributed by atoms with van der Waals surface area (Å²) in [4.78, 5) is 9.28. The number of rotatable bonds is 4. The Bertz CT molecular complexity index is 1020. The zero-order chi connectivity index (χ0) is 16.7. The van der Waals surface area contributed by atoms with Crippen molar-refractivity contribution >= 4 is 53.4 Å². The second kappa shape index (κ2) is 6.03. The molecule has 2 heterocycles. The van der Waals surface area contributed by atoms with E-state index < -0.39 is 0 Å². The molecule has 4 rings (SSSR count). The molecule has 0 radical (unpaired) electrons. The number of methoxy groups -OCH3 is 1. The van der Waals surface area contributed by atoms with Gasteiger partial charge >= 0.3 is 0 Å². The number of nitrogens with zero attached hydrogens (tertiary/aromatic N) is 2. The Morgan fingerprint density at radius 3 is 2.17 bits per heavy atom. The van der Waals surface area contributed by atoms with Crippen LogP contribution in [0.3, 0.4) is 0 Å². The molecule has 4 nitrogen and oxygen atoms in total. The SMILES string of the molecule is COc1ccc2nc(Nc3nc4ccc(C(C)C)cc4s3)sc2c1. The summed E-state index contributed by atoms with van der Waals surface area (Å²) in [7, 11) is 1.67. The van der Waals surface area contributed by atoms with E-state index >= 15 is 0 Å². The number of hydrogen-bond acceptors (Lipinski definition) is 6. The lowest BCUT2D eigenvalue weighted by Crippen LogP contribution is -1.87. The maximum absolute atomic E-state index is 5.27. The Morgan fingerprint density at radius 2 is 1.54 bits per heavy atom. The highest BCUT2D eigenvalue weighted by molar-refractivity contribution is 7.24. The number of fused-ring (bicyclic) bond motifs is 2. The second-order valence-corrected chi connectivity index (χ2v) is 7.94. The third-order valence-electron chi connectivity index (χ3n) is 3.89. The molecular weight excluding hydrogens is 338 g/mol. The molecule has 6 heteroatoms. The molecule has 24 heavy (non-hydrogen) atoms. The van der Waals surface area contributed by atoms with Crippen molar-refractivity contribution in [2.24, 2.45) is 0 Å². The van der Waals surface area contributed by atoms with Gasteiger partial charge in [0.25, 0.3) is 0 Å². The van der Waals surface area contributed by atoms with E-state index in [1.165, 1.54) is 10.3 Å². The molecule has 4 aromatic rings. The summed E-state index contributed by atoms with van der Waals surface area (Å²) in [6.07, 6.45) is 0. The smallest absolute Gasteiger partial charge is 0.190 e. The van der Waals surface area contributed by atoms with Gasteiger partial charge in [-0.3, -0.25) is 0 Å². The topological polar surface area (TPSA) is 47.0 Å². The first-order valence-corrected chi connectivity index (χ1v) is 9.38. The quantitative estimate of drug-likeness (QED) is 0.504. The number of anilines is 2. The summed E-state index contributed by atoms with van der Waals surface area (Å²) in [6, 6.07) is 12.4. The molecular formula is C18H17N3OS2. The monoisotopic (exact) mass is 355 g/mol. The van der Waals surface area contributed by atoms with Crippen LogP contribution in [0.1, 0.15) is 25.3 Å². The average Bonchev–Trinajstić information content (AvgIpc) is 3.15. The number of ether oxygens (including phenoxy) is 1. The van der Waals surface area contributed by atoms with Gasteiger partial charge in [0.05, 0.1) is 27.5 Å². The van der Waals surface area contributed by atoms with Crippen LogP contribution in [0.2, 0.25) is 0 Å². The Hall–Kier alpha value is -2.18. The number of benzene rings is 2. The van der Waals surface area contributed by atoms with E-state index in [1.54, 1.807) is 29.8 Å². The van der Waals surface area contributed by atoms with Crippen molar-refractivity contribution in [1.29, 1.82) is 0 Å². The fourth-order valence-corrected chi connectivity index (χ4v) is 4.40. The molecule has 122 valence electrons. The fourth-order valence-electron chi connectivity index (χ4n) is 2.53. The van der Waals surface area contributed by atoms with Gasteiger partial charge in [-0.1, -0.05) is 42.6 Å². The van der Waals surface area contributed by atoms with Crippen molar-refractivity contribution < 1.29 is 4.74 Å². The molecule has 0 spiro atoms. The minimum absolute atomic E-state index is 0.521. The molecule has 0 bridgehead atoms. The summed E-state index contributed by atoms with van der Waals surface area (Å²) in [5.41, 5.74) is 3.32. The summed E-state index contributed by atoms with van der Waals surface area (Å²) in [5.74, 6) is 1.37. The molecule has 2 aromatic heterocycles. The first-order chi connectivity index (χ1) is 11.6. The van der Waals surface area contributed by atoms with Crippen molar-refractivity contribution in [2.75, 3.05) is 12.4 Å². The van der Waals surface area contributed by atoms with E-state index in [2.05, 4.69) is 47.3 Å². The van der Waals surface area contributed by atoms with E-state index in [0.717, 1.165) is 31.7 Å². The predicted molar refractivity (Wildman–Crippen MR) is 103 cm³/mol. The van der Waals surface area contributed by atoms with Gasteiger partial charge in [0.2, 0.25) is 0 Å². The Balaban J connectivity index is 1.66. The van der Waals surface area contributed by atoms with E-state index in [0.29, 0.717) is 5.92 Å². The van der Waals surface area contributed by atoms with Gasteiger partial charge in [-0.15, -0.1) is 0 Å². The van der Waals surface area contributed by atoms with Crippen LogP contribution in [0.5, 0.6) is 5.75 Å². The van der Waals surface area contributed by atoms with Crippen LogP contribution in [0.15, 0.2) is 36.4 Å². The molecule has 0 aliphatic rings. The number of thiazole rings is 2. The van der Waals surface area contributed by atoms with Crippen LogP contribution in [0.4, 0.5) is 10.3 Å². The minimum Gasteiger partial charge on any atom is -0.497 e. The minimum atomic E-state index is 0.521. The van der Waals surface area contributed by atoms with E-state index in [4.69, 9.17) is 4.74 Å². The molecule has 0 aliphatic carbocycles. The highest BCUT2D eigenvalue weighted by atomic mass is 32.1. The second-order valence-electron chi connectivity index (χ2n) is 5.88. The van der Waals surface area contributed by atoms with Gasteiger partial charge in [-0.25, -0.2) is 9.97 Å². The third-order valence-corrected chi connectivity index (χ3v) is 5.76. The normalized spacial score (nSPS) is 11.5. The lowest BCUT2D eigenvalue weighted by molar-refractivity contribution is 0.415. The van der Waals surface area contributed by atoms with Gasteiger partial charge < -0.3 is 10.1 Å². The van der Waals surface area contributed by atoms with Crippen molar-refractivity contribution in [2.45, 2.75) is 19.8 Å². The first-order valence-electron chi connectivity index (χ1n) is 7.74. The van der Waals surface area contributed by atoms with E-state index in [-0.39, 0.29) is 0 Å². The highest BCUT2D eigenvalue weighted by Crippen LogP contribution is 2.34. The van der Waals surface area contributed by atoms with Crippen LogP contribution in [-0.2, 0) is 0 Å². The molecule has 0 atom stereocenters. The third kappa shape index (κ3) is 2.83. The van der Waals surface area contributed by atoms with Gasteiger partial charge in [0.15, 0.2) is 10.3 Å². The van der Waals surface area contributed by atoms with Crippen LogP contribution in [-0.4, -0.2) is 17.1 Å².